The highest BCUT2D eigenvalue weighted by Crippen LogP contribution is 2.38. The maximum absolute atomic E-state index is 13.2. The quantitative estimate of drug-likeness (QED) is 0.268. The Morgan fingerprint density at radius 2 is 1.85 bits per heavy atom. The minimum absolute atomic E-state index is 0.107. The number of hydrogen-bond donors (Lipinski definition) is 1. The molecule has 1 unspecified atom stereocenters. The molecule has 1 aromatic heterocycles. The zero-order valence-corrected chi connectivity index (χ0v) is 22.0. The Kier molecular flexibility index (Phi) is 9.21. The summed E-state index contributed by atoms with van der Waals surface area (Å²) in [5, 5.41) is 6.03. The van der Waals surface area contributed by atoms with Gasteiger partial charge in [0, 0.05) is 28.4 Å². The number of carbonyl (C=O) groups excluding carboxylic acids is 1. The van der Waals surface area contributed by atoms with Crippen LogP contribution in [0.1, 0.15) is 70.3 Å². The van der Waals surface area contributed by atoms with Gasteiger partial charge in [0.25, 0.3) is 0 Å². The third-order valence-electron chi connectivity index (χ3n) is 6.67. The lowest BCUT2D eigenvalue weighted by Gasteiger charge is -2.30. The number of rotatable bonds is 12. The van der Waals surface area contributed by atoms with E-state index in [0.717, 1.165) is 41.4 Å². The molecule has 0 saturated heterocycles. The summed E-state index contributed by atoms with van der Waals surface area (Å²) in [6.45, 7) is 9.81. The molecule has 0 aliphatic rings. The first-order chi connectivity index (χ1) is 16.3. The van der Waals surface area contributed by atoms with Gasteiger partial charge in [-0.2, -0.15) is 0 Å². The van der Waals surface area contributed by atoms with Gasteiger partial charge in [0.05, 0.1) is 12.3 Å². The van der Waals surface area contributed by atoms with E-state index in [1.54, 1.807) is 0 Å². The monoisotopic (exact) mass is 482 g/mol. The van der Waals surface area contributed by atoms with Crippen molar-refractivity contribution in [3.8, 4) is 11.3 Å². The van der Waals surface area contributed by atoms with Crippen molar-refractivity contribution < 1.29 is 9.53 Å². The number of benzene rings is 2. The molecule has 4 nitrogen and oxygen atoms in total. The molecule has 0 fully saturated rings. The van der Waals surface area contributed by atoms with E-state index in [2.05, 4.69) is 49.8 Å². The van der Waals surface area contributed by atoms with Crippen molar-refractivity contribution in [3.05, 3.63) is 59.2 Å². The van der Waals surface area contributed by atoms with Crippen LogP contribution in [0.2, 0.25) is 5.02 Å². The van der Waals surface area contributed by atoms with E-state index in [4.69, 9.17) is 16.3 Å². The zero-order chi connectivity index (χ0) is 24.7. The van der Waals surface area contributed by atoms with E-state index < -0.39 is 0 Å². The van der Waals surface area contributed by atoms with Gasteiger partial charge in [0.15, 0.2) is 0 Å². The van der Waals surface area contributed by atoms with Crippen LogP contribution in [0.3, 0.4) is 0 Å². The maximum Gasteiger partial charge on any atom is 0.355 e. The first kappa shape index (κ1) is 26.3. The third-order valence-corrected chi connectivity index (χ3v) is 6.91. The molecule has 1 N–H and O–H groups in total. The minimum Gasteiger partial charge on any atom is -0.461 e. The fourth-order valence-corrected chi connectivity index (χ4v) is 5.03. The number of esters is 1. The first-order valence-electron chi connectivity index (χ1n) is 12.5. The molecule has 0 spiro atoms. The van der Waals surface area contributed by atoms with Gasteiger partial charge >= 0.3 is 5.97 Å². The Balaban J connectivity index is 2.06. The van der Waals surface area contributed by atoms with Crippen LogP contribution in [0.5, 0.6) is 0 Å². The molecule has 3 aromatic rings. The van der Waals surface area contributed by atoms with Crippen LogP contribution in [0.15, 0.2) is 48.5 Å². The second-order valence-corrected chi connectivity index (χ2v) is 10.3. The van der Waals surface area contributed by atoms with Crippen molar-refractivity contribution in [2.45, 2.75) is 72.4 Å². The van der Waals surface area contributed by atoms with Gasteiger partial charge in [-0.05, 0) is 56.3 Å². The molecular weight excluding hydrogens is 444 g/mol. The smallest absolute Gasteiger partial charge is 0.355 e. The van der Waals surface area contributed by atoms with Gasteiger partial charge in [-0.25, -0.2) is 4.79 Å². The van der Waals surface area contributed by atoms with Gasteiger partial charge < -0.3 is 14.6 Å². The minimum atomic E-state index is -0.286. The van der Waals surface area contributed by atoms with Gasteiger partial charge in [0.2, 0.25) is 0 Å². The lowest BCUT2D eigenvalue weighted by atomic mass is 9.81. The summed E-state index contributed by atoms with van der Waals surface area (Å²) in [6.07, 6.45) is 5.66. The van der Waals surface area contributed by atoms with Crippen molar-refractivity contribution in [1.82, 2.24) is 9.88 Å². The molecule has 1 heterocycles. The zero-order valence-electron chi connectivity index (χ0n) is 21.3. The Bertz CT molecular complexity index is 1090. The van der Waals surface area contributed by atoms with E-state index in [9.17, 15) is 4.79 Å². The summed E-state index contributed by atoms with van der Waals surface area (Å²) >= 11 is 6.41. The lowest BCUT2D eigenvalue weighted by molar-refractivity contribution is 0.0515. The lowest BCUT2D eigenvalue weighted by Crippen LogP contribution is -2.32. The highest BCUT2D eigenvalue weighted by atomic mass is 35.5. The number of carbonyl (C=O) groups is 1. The molecular formula is C29H39ClN2O2. The van der Waals surface area contributed by atoms with Crippen LogP contribution in [0, 0.1) is 5.41 Å². The van der Waals surface area contributed by atoms with E-state index in [0.29, 0.717) is 23.4 Å². The maximum atomic E-state index is 13.2. The normalized spacial score (nSPS) is 12.8. The molecule has 184 valence electrons. The molecule has 5 heteroatoms. The highest BCUT2D eigenvalue weighted by molar-refractivity contribution is 6.31. The number of halogens is 1. The molecule has 0 amide bonds. The van der Waals surface area contributed by atoms with Crippen molar-refractivity contribution >= 4 is 28.3 Å². The second kappa shape index (κ2) is 11.9. The van der Waals surface area contributed by atoms with Crippen molar-refractivity contribution in [1.29, 1.82) is 0 Å². The fraction of sp³-hybridized carbons (Fsp3) is 0.483. The summed E-state index contributed by atoms with van der Waals surface area (Å²) < 4.78 is 7.67. The predicted molar refractivity (Wildman–Crippen MR) is 144 cm³/mol. The number of hydrogen-bond acceptors (Lipinski definition) is 3. The Labute approximate surface area is 209 Å². The van der Waals surface area contributed by atoms with Gasteiger partial charge in [0.1, 0.15) is 5.69 Å². The molecule has 2 aromatic carbocycles. The number of unbranched alkanes of at least 4 members (excludes halogenated alkanes) is 1. The van der Waals surface area contributed by atoms with Crippen LogP contribution in [0.25, 0.3) is 22.0 Å². The summed E-state index contributed by atoms with van der Waals surface area (Å²) in [6, 6.07) is 16.5. The third kappa shape index (κ3) is 6.22. The Morgan fingerprint density at radius 3 is 2.50 bits per heavy atom. The average Bonchev–Trinajstić information content (AvgIpc) is 3.14. The summed E-state index contributed by atoms with van der Waals surface area (Å²) in [5.74, 6) is -0.286. The number of nitrogens with zero attached hydrogens (tertiary/aromatic N) is 1. The van der Waals surface area contributed by atoms with E-state index in [-0.39, 0.29) is 11.4 Å². The van der Waals surface area contributed by atoms with Crippen LogP contribution >= 0.6 is 11.6 Å². The molecule has 3 rings (SSSR count). The van der Waals surface area contributed by atoms with Crippen molar-refractivity contribution in [3.63, 3.8) is 0 Å². The fourth-order valence-electron chi connectivity index (χ4n) is 4.85. The second-order valence-electron chi connectivity index (χ2n) is 9.87. The molecule has 1 atom stereocenters. The van der Waals surface area contributed by atoms with Crippen molar-refractivity contribution in [2.75, 3.05) is 13.7 Å². The van der Waals surface area contributed by atoms with Crippen LogP contribution in [-0.2, 0) is 11.3 Å². The Morgan fingerprint density at radius 1 is 1.12 bits per heavy atom. The first-order valence-corrected chi connectivity index (χ1v) is 12.9. The topological polar surface area (TPSA) is 43.3 Å². The largest absolute Gasteiger partial charge is 0.461 e. The van der Waals surface area contributed by atoms with Gasteiger partial charge in [-0.15, -0.1) is 0 Å². The van der Waals surface area contributed by atoms with Gasteiger partial charge in [-0.1, -0.05) is 81.6 Å². The highest BCUT2D eigenvalue weighted by Gasteiger charge is 2.27. The number of ether oxygens (including phenoxy) is 1. The number of aromatic nitrogens is 1. The molecule has 0 radical (unpaired) electrons. The molecule has 0 aliphatic carbocycles. The van der Waals surface area contributed by atoms with E-state index in [1.807, 2.05) is 43.3 Å². The van der Waals surface area contributed by atoms with Crippen LogP contribution in [0.4, 0.5) is 0 Å². The van der Waals surface area contributed by atoms with E-state index in [1.165, 1.54) is 19.3 Å². The molecule has 34 heavy (non-hydrogen) atoms. The van der Waals surface area contributed by atoms with Crippen LogP contribution in [-0.4, -0.2) is 30.2 Å². The summed E-state index contributed by atoms with van der Waals surface area (Å²) in [4.78, 5) is 13.2. The number of fused-ring (bicyclic) bond motifs is 1. The predicted octanol–water partition coefficient (Wildman–Crippen LogP) is 7.72. The van der Waals surface area contributed by atoms with Crippen LogP contribution < -0.4 is 5.32 Å². The summed E-state index contributed by atoms with van der Waals surface area (Å²) in [5.41, 5.74) is 2.81. The van der Waals surface area contributed by atoms with Gasteiger partial charge in [-0.3, -0.25) is 0 Å². The molecule has 0 bridgehead atoms. The van der Waals surface area contributed by atoms with E-state index >= 15 is 0 Å². The average molecular weight is 483 g/mol. The number of nitrogens with one attached hydrogen (secondary N) is 1. The standard InChI is InChI=1S/C29H39ClN2O2/c1-6-8-14-23(31-5)20-29(3,4)17-18-32-26(21-12-10-9-11-13-21)25-19-22(30)15-16-24(25)27(32)28(33)34-7-2/h9-13,15-16,19,23,31H,6-8,14,17-18,20H2,1-5H3. The molecule has 0 aliphatic heterocycles. The summed E-state index contributed by atoms with van der Waals surface area (Å²) in [7, 11) is 2.06. The molecule has 0 saturated carbocycles. The van der Waals surface area contributed by atoms with Crippen molar-refractivity contribution in [2.24, 2.45) is 5.41 Å². The SMILES string of the molecule is CCCCC(CC(C)(C)CCn1c(C(=O)OCC)c2ccc(Cl)cc2c1-c1ccccc1)NC. The Hall–Kier alpha value is -2.30.